The van der Waals surface area contributed by atoms with Gasteiger partial charge in [-0.25, -0.2) is 0 Å². The second-order valence-electron chi connectivity index (χ2n) is 3.55. The molecule has 3 nitrogen and oxygen atoms in total. The molecule has 1 aromatic carbocycles. The lowest BCUT2D eigenvalue weighted by atomic mass is 10.1. The van der Waals surface area contributed by atoms with Crippen LogP contribution >= 0.6 is 0 Å². The average Bonchev–Trinajstić information content (AvgIpc) is 2.34. The van der Waals surface area contributed by atoms with E-state index in [9.17, 15) is 9.59 Å². The van der Waals surface area contributed by atoms with Crippen LogP contribution in [0.2, 0.25) is 0 Å². The van der Waals surface area contributed by atoms with Crippen molar-refractivity contribution in [2.45, 2.75) is 26.2 Å². The van der Waals surface area contributed by atoms with E-state index in [1.54, 1.807) is 24.3 Å². The SMILES string of the molecule is CCCCC(=O)OCC(=O)c1ccccc1. The van der Waals surface area contributed by atoms with E-state index in [1.807, 2.05) is 13.0 Å². The summed E-state index contributed by atoms with van der Waals surface area (Å²) >= 11 is 0. The van der Waals surface area contributed by atoms with E-state index in [0.29, 0.717) is 12.0 Å². The molecule has 0 aliphatic carbocycles. The van der Waals surface area contributed by atoms with Crippen molar-refractivity contribution in [3.63, 3.8) is 0 Å². The van der Waals surface area contributed by atoms with E-state index in [2.05, 4.69) is 0 Å². The molecule has 0 N–H and O–H groups in total. The normalized spacial score (nSPS) is 9.81. The Labute approximate surface area is 95.4 Å². The lowest BCUT2D eigenvalue weighted by Gasteiger charge is -2.03. The Morgan fingerprint density at radius 3 is 2.50 bits per heavy atom. The van der Waals surface area contributed by atoms with Crippen LogP contribution in [0.1, 0.15) is 36.5 Å². The van der Waals surface area contributed by atoms with Gasteiger partial charge in [0.05, 0.1) is 0 Å². The van der Waals surface area contributed by atoms with Crippen molar-refractivity contribution in [1.29, 1.82) is 0 Å². The zero-order valence-corrected chi connectivity index (χ0v) is 9.44. The number of benzene rings is 1. The molecule has 0 aliphatic heterocycles. The first-order valence-corrected chi connectivity index (χ1v) is 5.48. The Morgan fingerprint density at radius 1 is 1.19 bits per heavy atom. The summed E-state index contributed by atoms with van der Waals surface area (Å²) in [6, 6.07) is 8.83. The average molecular weight is 220 g/mol. The Morgan fingerprint density at radius 2 is 1.88 bits per heavy atom. The predicted octanol–water partition coefficient (Wildman–Crippen LogP) is 2.60. The number of unbranched alkanes of at least 4 members (excludes halogenated alkanes) is 1. The van der Waals surface area contributed by atoms with Crippen LogP contribution in [0.5, 0.6) is 0 Å². The molecule has 0 aliphatic rings. The molecule has 0 fully saturated rings. The Balaban J connectivity index is 2.33. The number of rotatable bonds is 6. The van der Waals surface area contributed by atoms with Gasteiger partial charge in [0.2, 0.25) is 0 Å². The van der Waals surface area contributed by atoms with Gasteiger partial charge in [-0.05, 0) is 6.42 Å². The van der Waals surface area contributed by atoms with Crippen molar-refractivity contribution in [3.05, 3.63) is 35.9 Å². The molecule has 16 heavy (non-hydrogen) atoms. The molecule has 0 spiro atoms. The van der Waals surface area contributed by atoms with E-state index in [0.717, 1.165) is 12.8 Å². The highest BCUT2D eigenvalue weighted by Gasteiger charge is 2.08. The van der Waals surface area contributed by atoms with Crippen molar-refractivity contribution in [3.8, 4) is 0 Å². The van der Waals surface area contributed by atoms with Crippen LogP contribution in [0.15, 0.2) is 30.3 Å². The number of hydrogen-bond acceptors (Lipinski definition) is 3. The minimum absolute atomic E-state index is 0.160. The van der Waals surface area contributed by atoms with Gasteiger partial charge >= 0.3 is 5.97 Å². The third-order valence-electron chi connectivity index (χ3n) is 2.19. The zero-order chi connectivity index (χ0) is 11.8. The summed E-state index contributed by atoms with van der Waals surface area (Å²) in [5.74, 6) is -0.462. The molecule has 0 unspecified atom stereocenters. The summed E-state index contributed by atoms with van der Waals surface area (Å²) in [6.07, 6.45) is 2.14. The maximum atomic E-state index is 11.5. The van der Waals surface area contributed by atoms with Crippen LogP contribution in [0, 0.1) is 0 Å². The molecule has 0 radical (unpaired) electrons. The molecule has 1 aromatic rings. The topological polar surface area (TPSA) is 43.4 Å². The summed E-state index contributed by atoms with van der Waals surface area (Å²) in [5, 5.41) is 0. The third kappa shape index (κ3) is 4.26. The fourth-order valence-electron chi connectivity index (χ4n) is 1.25. The van der Waals surface area contributed by atoms with Gasteiger partial charge in [0, 0.05) is 12.0 Å². The molecular formula is C13H16O3. The molecule has 1 rings (SSSR count). The van der Waals surface area contributed by atoms with E-state index in [1.165, 1.54) is 0 Å². The minimum atomic E-state index is -0.300. The summed E-state index contributed by atoms with van der Waals surface area (Å²) in [6.45, 7) is 1.84. The van der Waals surface area contributed by atoms with Crippen LogP contribution < -0.4 is 0 Å². The van der Waals surface area contributed by atoms with Gasteiger partial charge in [0.1, 0.15) is 0 Å². The highest BCUT2D eigenvalue weighted by molar-refractivity contribution is 5.97. The Hall–Kier alpha value is -1.64. The van der Waals surface area contributed by atoms with Crippen LogP contribution in [-0.4, -0.2) is 18.4 Å². The maximum absolute atomic E-state index is 11.5. The Kier molecular flexibility index (Phi) is 5.26. The Bertz CT molecular complexity index is 343. The first-order valence-electron chi connectivity index (χ1n) is 5.48. The van der Waals surface area contributed by atoms with Gasteiger partial charge in [-0.3, -0.25) is 9.59 Å². The van der Waals surface area contributed by atoms with Gasteiger partial charge in [-0.15, -0.1) is 0 Å². The number of ether oxygens (including phenoxy) is 1. The van der Waals surface area contributed by atoms with E-state index in [4.69, 9.17) is 4.74 Å². The predicted molar refractivity (Wildman–Crippen MR) is 61.3 cm³/mol. The number of carbonyl (C=O) groups is 2. The lowest BCUT2D eigenvalue weighted by Crippen LogP contribution is -2.13. The second-order valence-corrected chi connectivity index (χ2v) is 3.55. The van der Waals surface area contributed by atoms with Crippen LogP contribution in [-0.2, 0) is 9.53 Å². The van der Waals surface area contributed by atoms with E-state index >= 15 is 0 Å². The minimum Gasteiger partial charge on any atom is -0.457 e. The fourth-order valence-corrected chi connectivity index (χ4v) is 1.25. The fraction of sp³-hybridized carbons (Fsp3) is 0.385. The molecule has 0 aromatic heterocycles. The molecule has 0 atom stereocenters. The van der Waals surface area contributed by atoms with Gasteiger partial charge < -0.3 is 4.74 Å². The molecule has 86 valence electrons. The zero-order valence-electron chi connectivity index (χ0n) is 9.44. The highest BCUT2D eigenvalue weighted by atomic mass is 16.5. The van der Waals surface area contributed by atoms with Gasteiger partial charge in [0.25, 0.3) is 0 Å². The van der Waals surface area contributed by atoms with Crippen molar-refractivity contribution in [2.24, 2.45) is 0 Å². The van der Waals surface area contributed by atoms with Crippen LogP contribution in [0.3, 0.4) is 0 Å². The molecule has 0 bridgehead atoms. The largest absolute Gasteiger partial charge is 0.457 e. The second kappa shape index (κ2) is 6.77. The summed E-state index contributed by atoms with van der Waals surface area (Å²) < 4.78 is 4.87. The molecule has 0 saturated carbocycles. The lowest BCUT2D eigenvalue weighted by molar-refractivity contribution is -0.142. The molecule has 0 saturated heterocycles. The third-order valence-corrected chi connectivity index (χ3v) is 2.19. The number of Topliss-reactive ketones (excluding diaryl/α,β-unsaturated/α-hetero) is 1. The van der Waals surface area contributed by atoms with Crippen molar-refractivity contribution >= 4 is 11.8 Å². The summed E-state index contributed by atoms with van der Waals surface area (Å²) in [5.41, 5.74) is 0.575. The molecule has 0 heterocycles. The van der Waals surface area contributed by atoms with Crippen LogP contribution in [0.25, 0.3) is 0 Å². The molecule has 0 amide bonds. The summed E-state index contributed by atoms with van der Waals surface area (Å²) in [4.78, 5) is 22.7. The van der Waals surface area contributed by atoms with Gasteiger partial charge in [-0.2, -0.15) is 0 Å². The smallest absolute Gasteiger partial charge is 0.306 e. The first-order chi connectivity index (χ1) is 7.74. The van der Waals surface area contributed by atoms with Crippen molar-refractivity contribution in [1.82, 2.24) is 0 Å². The standard InChI is InChI=1S/C13H16O3/c1-2-3-9-13(15)16-10-12(14)11-7-5-4-6-8-11/h4-8H,2-3,9-10H2,1H3. The number of esters is 1. The van der Waals surface area contributed by atoms with E-state index < -0.39 is 0 Å². The van der Waals surface area contributed by atoms with Gasteiger partial charge in [-0.1, -0.05) is 43.7 Å². The number of ketones is 1. The summed E-state index contributed by atoms with van der Waals surface area (Å²) in [7, 11) is 0. The van der Waals surface area contributed by atoms with Crippen LogP contribution in [0.4, 0.5) is 0 Å². The number of carbonyl (C=O) groups excluding carboxylic acids is 2. The monoisotopic (exact) mass is 220 g/mol. The van der Waals surface area contributed by atoms with Gasteiger partial charge in [0.15, 0.2) is 12.4 Å². The molecule has 3 heteroatoms. The first kappa shape index (κ1) is 12.4. The number of hydrogen-bond donors (Lipinski definition) is 0. The van der Waals surface area contributed by atoms with Crippen molar-refractivity contribution < 1.29 is 14.3 Å². The van der Waals surface area contributed by atoms with Crippen molar-refractivity contribution in [2.75, 3.05) is 6.61 Å². The molecular weight excluding hydrogens is 204 g/mol. The van der Waals surface area contributed by atoms with E-state index in [-0.39, 0.29) is 18.4 Å². The maximum Gasteiger partial charge on any atom is 0.306 e. The highest BCUT2D eigenvalue weighted by Crippen LogP contribution is 2.02. The quantitative estimate of drug-likeness (QED) is 0.546.